The number of nitrogens with zero attached hydrogens (tertiary/aromatic N) is 3. The molecular weight excluding hydrogens is 475 g/mol. The summed E-state index contributed by atoms with van der Waals surface area (Å²) >= 11 is 12.2. The third kappa shape index (κ3) is 6.13. The van der Waals surface area contributed by atoms with Gasteiger partial charge in [0.1, 0.15) is 12.6 Å². The molecule has 1 N–H and O–H groups in total. The molecule has 0 aliphatic carbocycles. The van der Waals surface area contributed by atoms with Gasteiger partial charge in [0.2, 0.25) is 11.8 Å². The zero-order valence-electron chi connectivity index (χ0n) is 18.2. The van der Waals surface area contributed by atoms with Crippen molar-refractivity contribution in [1.82, 2.24) is 14.5 Å². The molecule has 0 unspecified atom stereocenters. The van der Waals surface area contributed by atoms with E-state index in [0.29, 0.717) is 21.3 Å². The number of amides is 2. The van der Waals surface area contributed by atoms with Gasteiger partial charge in [0.15, 0.2) is 0 Å². The fourth-order valence-electron chi connectivity index (χ4n) is 2.94. The molecule has 32 heavy (non-hydrogen) atoms. The van der Waals surface area contributed by atoms with E-state index in [2.05, 4.69) is 5.32 Å². The summed E-state index contributed by atoms with van der Waals surface area (Å²) in [6.45, 7) is 1.05. The van der Waals surface area contributed by atoms with E-state index < -0.39 is 34.6 Å². The zero-order valence-corrected chi connectivity index (χ0v) is 20.6. The minimum absolute atomic E-state index is 0.00589. The van der Waals surface area contributed by atoms with E-state index in [1.807, 2.05) is 0 Å². The summed E-state index contributed by atoms with van der Waals surface area (Å²) < 4.78 is 28.0. The van der Waals surface area contributed by atoms with Crippen molar-refractivity contribution >= 4 is 50.9 Å². The lowest BCUT2D eigenvalue weighted by Crippen LogP contribution is -2.52. The van der Waals surface area contributed by atoms with E-state index in [4.69, 9.17) is 23.2 Å². The summed E-state index contributed by atoms with van der Waals surface area (Å²) in [5, 5.41) is 3.28. The smallest absolute Gasteiger partial charge is 0.304 e. The maximum absolute atomic E-state index is 13.4. The number of benzene rings is 2. The van der Waals surface area contributed by atoms with Crippen molar-refractivity contribution < 1.29 is 18.0 Å². The lowest BCUT2D eigenvalue weighted by Gasteiger charge is -2.32. The number of nitrogens with one attached hydrogen (secondary N) is 1. The molecule has 2 amide bonds. The van der Waals surface area contributed by atoms with Gasteiger partial charge in [0.25, 0.3) is 0 Å². The number of carbonyl (C=O) groups excluding carboxylic acids is 2. The van der Waals surface area contributed by atoms with Crippen LogP contribution in [0.5, 0.6) is 0 Å². The highest BCUT2D eigenvalue weighted by atomic mass is 35.5. The average molecular weight is 501 g/mol. The number of hydrogen-bond acceptors (Lipinski definition) is 4. The van der Waals surface area contributed by atoms with Crippen molar-refractivity contribution in [3.63, 3.8) is 0 Å². The lowest BCUT2D eigenvalue weighted by atomic mass is 10.1. The fraction of sp³-hybridized carbons (Fsp3) is 0.333. The summed E-state index contributed by atoms with van der Waals surface area (Å²) in [6.07, 6.45) is 0. The first-order chi connectivity index (χ1) is 15.0. The Bertz CT molecular complexity index is 1060. The molecule has 11 heteroatoms. The fourth-order valence-corrected chi connectivity index (χ4v) is 4.46. The molecule has 0 radical (unpaired) electrons. The van der Waals surface area contributed by atoms with Crippen molar-refractivity contribution in [2.45, 2.75) is 19.5 Å². The number of likely N-dealkylation sites (N-methyl/N-ethyl adjacent to an activating group) is 1. The molecule has 0 fully saturated rings. The molecule has 0 aliphatic rings. The molecule has 0 aromatic heterocycles. The van der Waals surface area contributed by atoms with Crippen LogP contribution < -0.4 is 9.62 Å². The van der Waals surface area contributed by atoms with Crippen molar-refractivity contribution in [3.05, 3.63) is 64.1 Å². The Morgan fingerprint density at radius 2 is 1.69 bits per heavy atom. The predicted molar refractivity (Wildman–Crippen MR) is 127 cm³/mol. The van der Waals surface area contributed by atoms with Gasteiger partial charge in [-0.2, -0.15) is 12.7 Å². The predicted octanol–water partition coefficient (Wildman–Crippen LogP) is 2.77. The van der Waals surface area contributed by atoms with Crippen LogP contribution >= 0.6 is 23.2 Å². The van der Waals surface area contributed by atoms with E-state index in [1.54, 1.807) is 55.5 Å². The van der Waals surface area contributed by atoms with Gasteiger partial charge >= 0.3 is 10.2 Å². The Morgan fingerprint density at radius 3 is 2.22 bits per heavy atom. The van der Waals surface area contributed by atoms with Crippen LogP contribution in [0.4, 0.5) is 5.69 Å². The van der Waals surface area contributed by atoms with Gasteiger partial charge in [-0.15, -0.1) is 0 Å². The molecule has 0 heterocycles. The van der Waals surface area contributed by atoms with Gasteiger partial charge in [0, 0.05) is 37.7 Å². The number of hydrogen-bond donors (Lipinski definition) is 1. The quantitative estimate of drug-likeness (QED) is 0.572. The van der Waals surface area contributed by atoms with E-state index in [9.17, 15) is 18.0 Å². The number of anilines is 1. The number of carbonyl (C=O) groups is 2. The molecule has 0 bridgehead atoms. The number of rotatable bonds is 9. The third-order valence-corrected chi connectivity index (χ3v) is 7.24. The number of para-hydroxylation sites is 1. The summed E-state index contributed by atoms with van der Waals surface area (Å²) in [5.74, 6) is -0.966. The van der Waals surface area contributed by atoms with Crippen LogP contribution in [-0.2, 0) is 26.3 Å². The van der Waals surface area contributed by atoms with Crippen LogP contribution in [-0.4, -0.2) is 63.2 Å². The molecule has 174 valence electrons. The van der Waals surface area contributed by atoms with Crippen LogP contribution in [0.1, 0.15) is 12.5 Å². The molecule has 0 spiro atoms. The van der Waals surface area contributed by atoms with Crippen LogP contribution in [0.2, 0.25) is 10.0 Å². The Balaban J connectivity index is 2.45. The van der Waals surface area contributed by atoms with E-state index in [0.717, 1.165) is 8.61 Å². The van der Waals surface area contributed by atoms with Gasteiger partial charge in [0.05, 0.1) is 5.69 Å². The average Bonchev–Trinajstić information content (AvgIpc) is 2.76. The highest BCUT2D eigenvalue weighted by Gasteiger charge is 2.32. The summed E-state index contributed by atoms with van der Waals surface area (Å²) in [6, 6.07) is 12.2. The minimum atomic E-state index is -3.98. The van der Waals surface area contributed by atoms with Crippen LogP contribution in [0, 0.1) is 0 Å². The molecule has 0 saturated heterocycles. The minimum Gasteiger partial charge on any atom is -0.357 e. The first kappa shape index (κ1) is 25.9. The molecule has 1 atom stereocenters. The Hall–Kier alpha value is -2.33. The van der Waals surface area contributed by atoms with Gasteiger partial charge in [-0.05, 0) is 36.8 Å². The summed E-state index contributed by atoms with van der Waals surface area (Å²) in [4.78, 5) is 27.0. The molecule has 8 nitrogen and oxygen atoms in total. The second kappa shape index (κ2) is 11.0. The van der Waals surface area contributed by atoms with Crippen molar-refractivity contribution in [3.8, 4) is 0 Å². The van der Waals surface area contributed by atoms with Crippen LogP contribution in [0.25, 0.3) is 0 Å². The van der Waals surface area contributed by atoms with Crippen molar-refractivity contribution in [2.24, 2.45) is 0 Å². The largest absolute Gasteiger partial charge is 0.357 e. The van der Waals surface area contributed by atoms with Gasteiger partial charge in [-0.3, -0.25) is 9.59 Å². The van der Waals surface area contributed by atoms with Gasteiger partial charge < -0.3 is 10.2 Å². The van der Waals surface area contributed by atoms with E-state index in [1.165, 1.54) is 26.0 Å². The van der Waals surface area contributed by atoms with Gasteiger partial charge in [-0.1, -0.05) is 47.5 Å². The van der Waals surface area contributed by atoms with Crippen molar-refractivity contribution in [2.75, 3.05) is 32.0 Å². The Morgan fingerprint density at radius 1 is 1.06 bits per heavy atom. The Kier molecular flexibility index (Phi) is 8.91. The summed E-state index contributed by atoms with van der Waals surface area (Å²) in [7, 11) is 0.244. The first-order valence-electron chi connectivity index (χ1n) is 9.69. The first-order valence-corrected chi connectivity index (χ1v) is 11.8. The maximum Gasteiger partial charge on any atom is 0.304 e. The lowest BCUT2D eigenvalue weighted by molar-refractivity contribution is -0.139. The second-order valence-corrected chi connectivity index (χ2v) is 10.1. The standard InChI is InChI=1S/C21H26Cl2N4O4S/c1-15(21(29)24-2)26(13-16-10-11-17(22)12-19(16)23)20(28)14-27(32(30,31)25(3)4)18-8-6-5-7-9-18/h5-12,15H,13-14H2,1-4H3,(H,24,29)/t15-/m0/s1. The van der Waals surface area contributed by atoms with Crippen LogP contribution in [0.3, 0.4) is 0 Å². The SMILES string of the molecule is CNC(=O)[C@H](C)N(Cc1ccc(Cl)cc1Cl)C(=O)CN(c1ccccc1)S(=O)(=O)N(C)C. The molecule has 2 aromatic rings. The van der Waals surface area contributed by atoms with E-state index in [-0.39, 0.29) is 6.54 Å². The monoisotopic (exact) mass is 500 g/mol. The molecule has 2 rings (SSSR count). The molecule has 2 aromatic carbocycles. The summed E-state index contributed by atoms with van der Waals surface area (Å²) in [5.41, 5.74) is 0.897. The Labute approximate surface area is 198 Å². The van der Waals surface area contributed by atoms with Crippen LogP contribution in [0.15, 0.2) is 48.5 Å². The highest BCUT2D eigenvalue weighted by Crippen LogP contribution is 2.24. The molecular formula is C21H26Cl2N4O4S. The van der Waals surface area contributed by atoms with Gasteiger partial charge in [-0.25, -0.2) is 4.31 Å². The third-order valence-electron chi connectivity index (χ3n) is 4.83. The molecule has 0 aliphatic heterocycles. The topological polar surface area (TPSA) is 90.0 Å². The highest BCUT2D eigenvalue weighted by molar-refractivity contribution is 7.90. The second-order valence-electron chi connectivity index (χ2n) is 7.18. The normalized spacial score (nSPS) is 12.3. The molecule has 0 saturated carbocycles. The zero-order chi connectivity index (χ0) is 24.1. The maximum atomic E-state index is 13.4. The van der Waals surface area contributed by atoms with Crippen molar-refractivity contribution in [1.29, 1.82) is 0 Å². The number of halogens is 2. The van der Waals surface area contributed by atoms with E-state index >= 15 is 0 Å².